The van der Waals surface area contributed by atoms with Gasteiger partial charge in [-0.15, -0.1) is 0 Å². The third-order valence-corrected chi connectivity index (χ3v) is 3.91. The fourth-order valence-electron chi connectivity index (χ4n) is 2.98. The first-order chi connectivity index (χ1) is 9.38. The quantitative estimate of drug-likeness (QED) is 0.779. The highest BCUT2D eigenvalue weighted by atomic mass is 19.4. The summed E-state index contributed by atoms with van der Waals surface area (Å²) in [5, 5.41) is 18.9. The maximum Gasteiger partial charge on any atom is 0.400 e. The highest BCUT2D eigenvalue weighted by Crippen LogP contribution is 2.51. The van der Waals surface area contributed by atoms with E-state index in [0.29, 0.717) is 6.42 Å². The number of carboxylic acid groups (broad SMARTS) is 1. The molecule has 0 aromatic rings. The third-order valence-electron chi connectivity index (χ3n) is 3.91. The van der Waals surface area contributed by atoms with Crippen LogP contribution in [0.1, 0.15) is 38.5 Å². The van der Waals surface area contributed by atoms with Gasteiger partial charge in [0, 0.05) is 5.92 Å². The molecule has 1 aliphatic carbocycles. The van der Waals surface area contributed by atoms with E-state index in [4.69, 9.17) is 5.11 Å². The van der Waals surface area contributed by atoms with Crippen LogP contribution in [0.4, 0.5) is 26.3 Å². The number of halogens is 6. The molecule has 0 bridgehead atoms. The second kappa shape index (κ2) is 6.02. The van der Waals surface area contributed by atoms with Gasteiger partial charge in [-0.1, -0.05) is 19.3 Å². The van der Waals surface area contributed by atoms with Gasteiger partial charge in [0.1, 0.15) is 0 Å². The van der Waals surface area contributed by atoms with Gasteiger partial charge in [-0.25, -0.2) is 0 Å². The molecule has 1 unspecified atom stereocenters. The number of hydrogen-bond acceptors (Lipinski definition) is 2. The van der Waals surface area contributed by atoms with Gasteiger partial charge >= 0.3 is 18.3 Å². The highest BCUT2D eigenvalue weighted by Gasteiger charge is 2.64. The van der Waals surface area contributed by atoms with Crippen LogP contribution >= 0.6 is 0 Å². The summed E-state index contributed by atoms with van der Waals surface area (Å²) in [6.07, 6.45) is -12.1. The molecule has 0 saturated heterocycles. The van der Waals surface area contributed by atoms with Crippen molar-refractivity contribution in [3.63, 3.8) is 0 Å². The van der Waals surface area contributed by atoms with Gasteiger partial charge in [-0.2, -0.15) is 26.3 Å². The summed E-state index contributed by atoms with van der Waals surface area (Å²) >= 11 is 0. The van der Waals surface area contributed by atoms with Crippen molar-refractivity contribution in [3.05, 3.63) is 0 Å². The number of aliphatic carboxylic acids is 1. The van der Waals surface area contributed by atoms with Crippen LogP contribution in [-0.4, -0.2) is 34.1 Å². The Bertz CT molecular complexity index is 356. The lowest BCUT2D eigenvalue weighted by Gasteiger charge is -2.43. The van der Waals surface area contributed by atoms with E-state index in [2.05, 4.69) is 0 Å². The molecule has 0 aromatic carbocycles. The number of carboxylic acids is 1. The highest BCUT2D eigenvalue weighted by molar-refractivity contribution is 5.67. The Hall–Kier alpha value is -0.990. The van der Waals surface area contributed by atoms with Crippen molar-refractivity contribution in [2.45, 2.75) is 56.5 Å². The van der Waals surface area contributed by atoms with Crippen LogP contribution in [0.3, 0.4) is 0 Å². The van der Waals surface area contributed by atoms with Crippen LogP contribution in [0, 0.1) is 11.8 Å². The van der Waals surface area contributed by atoms with Crippen LogP contribution in [0.15, 0.2) is 0 Å². The van der Waals surface area contributed by atoms with E-state index in [-0.39, 0.29) is 25.7 Å². The molecule has 1 atom stereocenters. The molecule has 0 heterocycles. The lowest BCUT2D eigenvalue weighted by atomic mass is 9.68. The fourth-order valence-corrected chi connectivity index (χ4v) is 2.98. The fraction of sp³-hybridized carbons (Fsp3) is 0.917. The van der Waals surface area contributed by atoms with Crippen molar-refractivity contribution in [3.8, 4) is 0 Å². The molecular formula is C12H16F6O3. The van der Waals surface area contributed by atoms with Crippen LogP contribution in [0.2, 0.25) is 0 Å². The monoisotopic (exact) mass is 322 g/mol. The minimum absolute atomic E-state index is 0.256. The van der Waals surface area contributed by atoms with Gasteiger partial charge in [0.25, 0.3) is 0 Å². The lowest BCUT2D eigenvalue weighted by molar-refractivity contribution is -0.315. The minimum atomic E-state index is -5.66. The molecular weight excluding hydrogens is 306 g/mol. The summed E-state index contributed by atoms with van der Waals surface area (Å²) in [5.74, 6) is -8.07. The standard InChI is InChI=1S/C12H16F6O3/c13-11(14,15)9(12(16,17)18)7(6-8(19)20)10(21)4-2-1-3-5-10/h7,9,21H,1-6H2,(H,19,20). The zero-order valence-electron chi connectivity index (χ0n) is 11.0. The van der Waals surface area contributed by atoms with Crippen molar-refractivity contribution in [1.82, 2.24) is 0 Å². The Morgan fingerprint density at radius 3 is 1.76 bits per heavy atom. The summed E-state index contributed by atoms with van der Waals surface area (Å²) in [6, 6.07) is 0. The zero-order valence-corrected chi connectivity index (χ0v) is 11.0. The van der Waals surface area contributed by atoms with E-state index in [1.54, 1.807) is 0 Å². The summed E-state index contributed by atoms with van der Waals surface area (Å²) in [6.45, 7) is 0. The topological polar surface area (TPSA) is 57.5 Å². The molecule has 1 saturated carbocycles. The molecule has 3 nitrogen and oxygen atoms in total. The second-order valence-electron chi connectivity index (χ2n) is 5.43. The van der Waals surface area contributed by atoms with Crippen LogP contribution < -0.4 is 0 Å². The molecule has 9 heteroatoms. The molecule has 0 radical (unpaired) electrons. The van der Waals surface area contributed by atoms with Crippen LogP contribution in [-0.2, 0) is 4.79 Å². The summed E-state index contributed by atoms with van der Waals surface area (Å²) in [7, 11) is 0. The number of rotatable bonds is 4. The van der Waals surface area contributed by atoms with E-state index in [9.17, 15) is 36.2 Å². The average Bonchev–Trinajstić information content (AvgIpc) is 2.24. The lowest BCUT2D eigenvalue weighted by Crippen LogP contribution is -2.53. The van der Waals surface area contributed by atoms with Crippen molar-refractivity contribution >= 4 is 5.97 Å². The van der Waals surface area contributed by atoms with E-state index >= 15 is 0 Å². The molecule has 2 N–H and O–H groups in total. The van der Waals surface area contributed by atoms with Gasteiger partial charge < -0.3 is 10.2 Å². The Morgan fingerprint density at radius 1 is 1.00 bits per heavy atom. The number of carbonyl (C=O) groups is 1. The third kappa shape index (κ3) is 4.49. The Kier molecular flexibility index (Phi) is 5.18. The molecule has 0 aliphatic heterocycles. The number of hydrogen-bond donors (Lipinski definition) is 2. The molecule has 21 heavy (non-hydrogen) atoms. The summed E-state index contributed by atoms with van der Waals surface area (Å²) in [5.41, 5.74) is -2.26. The predicted octanol–water partition coefficient (Wildman–Crippen LogP) is 3.51. The Balaban J connectivity index is 3.23. The van der Waals surface area contributed by atoms with Gasteiger partial charge in [0.2, 0.25) is 0 Å². The molecule has 1 aliphatic rings. The molecule has 124 valence electrons. The molecule has 0 aromatic heterocycles. The molecule has 1 rings (SSSR count). The molecule has 1 fully saturated rings. The number of aliphatic hydroxyl groups is 1. The minimum Gasteiger partial charge on any atom is -0.481 e. The van der Waals surface area contributed by atoms with E-state index < -0.39 is 42.2 Å². The van der Waals surface area contributed by atoms with E-state index in [0.717, 1.165) is 0 Å². The Morgan fingerprint density at radius 2 is 1.43 bits per heavy atom. The first-order valence-corrected chi connectivity index (χ1v) is 6.45. The normalized spacial score (nSPS) is 21.3. The SMILES string of the molecule is O=C(O)CC(C(C(F)(F)F)C(F)(F)F)C1(O)CCCCC1. The van der Waals surface area contributed by atoms with Crippen molar-refractivity contribution in [2.75, 3.05) is 0 Å². The Labute approximate surface area is 116 Å². The van der Waals surface area contributed by atoms with Gasteiger partial charge in [-0.05, 0) is 12.8 Å². The van der Waals surface area contributed by atoms with Crippen LogP contribution in [0.25, 0.3) is 0 Å². The smallest absolute Gasteiger partial charge is 0.400 e. The summed E-state index contributed by atoms with van der Waals surface area (Å²) in [4.78, 5) is 10.7. The molecule has 0 spiro atoms. The first-order valence-electron chi connectivity index (χ1n) is 6.45. The summed E-state index contributed by atoms with van der Waals surface area (Å²) < 4.78 is 76.9. The molecule has 0 amide bonds. The average molecular weight is 322 g/mol. The predicted molar refractivity (Wildman–Crippen MR) is 59.4 cm³/mol. The largest absolute Gasteiger partial charge is 0.481 e. The van der Waals surface area contributed by atoms with Gasteiger partial charge in [0.15, 0.2) is 5.92 Å². The van der Waals surface area contributed by atoms with Crippen molar-refractivity contribution < 1.29 is 41.4 Å². The van der Waals surface area contributed by atoms with E-state index in [1.807, 2.05) is 0 Å². The van der Waals surface area contributed by atoms with Crippen LogP contribution in [0.5, 0.6) is 0 Å². The van der Waals surface area contributed by atoms with E-state index in [1.165, 1.54) is 0 Å². The maximum absolute atomic E-state index is 12.8. The second-order valence-corrected chi connectivity index (χ2v) is 5.43. The van der Waals surface area contributed by atoms with Gasteiger partial charge in [-0.3, -0.25) is 4.79 Å². The van der Waals surface area contributed by atoms with Gasteiger partial charge in [0.05, 0.1) is 12.0 Å². The maximum atomic E-state index is 12.8. The van der Waals surface area contributed by atoms with Crippen molar-refractivity contribution in [2.24, 2.45) is 11.8 Å². The zero-order chi connectivity index (χ0) is 16.5. The van der Waals surface area contributed by atoms with Crippen molar-refractivity contribution in [1.29, 1.82) is 0 Å². The number of alkyl halides is 6. The first kappa shape index (κ1) is 18.1.